The van der Waals surface area contributed by atoms with Crippen LogP contribution in [0.2, 0.25) is 0 Å². The second kappa shape index (κ2) is 16.1. The number of methoxy groups -OCH3 is 1. The summed E-state index contributed by atoms with van der Waals surface area (Å²) in [6.07, 6.45) is 12.0. The van der Waals surface area contributed by atoms with Crippen molar-refractivity contribution in [1.29, 1.82) is 0 Å². The average Bonchev–Trinajstić information content (AvgIpc) is 4.00. The summed E-state index contributed by atoms with van der Waals surface area (Å²) in [6.45, 7) is 5.81. The number of aryl methyl sites for hydroxylation is 1. The van der Waals surface area contributed by atoms with Crippen LogP contribution >= 0.6 is 15.9 Å². The van der Waals surface area contributed by atoms with Crippen molar-refractivity contribution in [2.75, 3.05) is 86.5 Å². The van der Waals surface area contributed by atoms with Crippen molar-refractivity contribution < 1.29 is 17.5 Å². The van der Waals surface area contributed by atoms with E-state index in [2.05, 4.69) is 73.4 Å². The molecule has 5 aromatic rings. The molecule has 0 spiro atoms. The van der Waals surface area contributed by atoms with Crippen LogP contribution in [0.15, 0.2) is 59.7 Å². The lowest BCUT2D eigenvalue weighted by molar-refractivity contribution is 0.0816. The Morgan fingerprint density at radius 3 is 2.43 bits per heavy atom. The van der Waals surface area contributed by atoms with Crippen molar-refractivity contribution in [3.8, 4) is 16.9 Å². The van der Waals surface area contributed by atoms with Crippen molar-refractivity contribution in [2.24, 2.45) is 7.05 Å². The average molecular weight is 850 g/mol. The van der Waals surface area contributed by atoms with Crippen LogP contribution in [0.3, 0.4) is 0 Å². The summed E-state index contributed by atoms with van der Waals surface area (Å²) in [5.74, 6) is 1.34. The monoisotopic (exact) mass is 848 g/mol. The highest BCUT2D eigenvalue weighted by molar-refractivity contribution is 9.10. The smallest absolute Gasteiger partial charge is 0.237 e. The van der Waals surface area contributed by atoms with E-state index >= 15 is 0 Å². The maximum atomic E-state index is 13.5. The summed E-state index contributed by atoms with van der Waals surface area (Å²) in [4.78, 5) is 25.5. The first-order valence-electron chi connectivity index (χ1n) is 18.9. The van der Waals surface area contributed by atoms with Crippen molar-refractivity contribution >= 4 is 71.5 Å². The largest absolute Gasteiger partial charge is 0.494 e. The maximum Gasteiger partial charge on any atom is 0.237 e. The lowest BCUT2D eigenvalue weighted by atomic mass is 9.98. The lowest BCUT2D eigenvalue weighted by Gasteiger charge is -2.43. The maximum absolute atomic E-state index is 13.5. The summed E-state index contributed by atoms with van der Waals surface area (Å²) >= 11 is 3.59. The number of benzene rings is 2. The van der Waals surface area contributed by atoms with Gasteiger partial charge < -0.3 is 20.3 Å². The molecular weight excluding hydrogens is 803 g/mol. The Morgan fingerprint density at radius 2 is 1.73 bits per heavy atom. The van der Waals surface area contributed by atoms with E-state index < -0.39 is 15.3 Å². The highest BCUT2D eigenvalue weighted by atomic mass is 79.9. The van der Waals surface area contributed by atoms with Crippen LogP contribution in [0.1, 0.15) is 25.7 Å². The molecule has 0 bridgehead atoms. The van der Waals surface area contributed by atoms with Gasteiger partial charge in [0.25, 0.3) is 0 Å². The van der Waals surface area contributed by atoms with Gasteiger partial charge in [-0.05, 0) is 59.8 Å². The number of piperidine rings is 1. The van der Waals surface area contributed by atoms with E-state index in [0.29, 0.717) is 75.5 Å². The standard InChI is InChI=1S/C38H46BrFN12O3S/c1-48-24-25(22-44-48)28-20-32(34(55-3)21-33(28)52-13-8-26(9-14-52)51-18-16-50(15-10-40)17-19-51)46-38-43-23-29(39)37(47-38)45-31-7-6-30-35(42-12-11-41-30)36(31)49(2)56(53,54)27-4-5-27/h6-7,11-12,20-24,26-27H,4-5,8-10,13-19H2,1-3H3,(H2,43,45,46,47). The number of anilines is 6. The third-order valence-electron chi connectivity index (χ3n) is 11.0. The second-order valence-electron chi connectivity index (χ2n) is 14.5. The van der Waals surface area contributed by atoms with Crippen LogP contribution in [0.4, 0.5) is 38.9 Å². The summed E-state index contributed by atoms with van der Waals surface area (Å²) in [6, 6.07) is 8.20. The molecule has 0 atom stereocenters. The van der Waals surface area contributed by atoms with E-state index in [1.807, 2.05) is 19.4 Å². The fourth-order valence-electron chi connectivity index (χ4n) is 7.75. The Bertz CT molecular complexity index is 2310. The van der Waals surface area contributed by atoms with E-state index in [-0.39, 0.29) is 6.67 Å². The molecule has 8 rings (SSSR count). The second-order valence-corrected chi connectivity index (χ2v) is 17.6. The molecule has 0 unspecified atom stereocenters. The number of rotatable bonds is 13. The van der Waals surface area contributed by atoms with E-state index in [1.54, 1.807) is 49.6 Å². The SMILES string of the molecule is COc1cc(N2CCC(N3CCN(CCF)CC3)CC2)c(-c2cnn(C)c2)cc1Nc1ncc(Br)c(Nc2ccc3nccnc3c2N(C)S(=O)(=O)C2CC2)n1. The van der Waals surface area contributed by atoms with Gasteiger partial charge in [-0.25, -0.2) is 17.8 Å². The molecule has 1 aliphatic carbocycles. The Hall–Kier alpha value is -4.65. The van der Waals surface area contributed by atoms with Crippen molar-refractivity contribution in [3.63, 3.8) is 0 Å². The minimum Gasteiger partial charge on any atom is -0.494 e. The molecule has 0 radical (unpaired) electrons. The lowest BCUT2D eigenvalue weighted by Crippen LogP contribution is -2.53. The molecule has 56 heavy (non-hydrogen) atoms. The van der Waals surface area contributed by atoms with Gasteiger partial charge in [-0.1, -0.05) is 0 Å². The molecule has 18 heteroatoms. The fraction of sp³-hybridized carbons (Fsp3) is 0.447. The minimum atomic E-state index is -3.61. The van der Waals surface area contributed by atoms with Crippen molar-refractivity contribution in [2.45, 2.75) is 37.0 Å². The topological polar surface area (TPSA) is 150 Å². The Morgan fingerprint density at radius 1 is 0.964 bits per heavy atom. The van der Waals surface area contributed by atoms with Gasteiger partial charge in [0.2, 0.25) is 16.0 Å². The summed E-state index contributed by atoms with van der Waals surface area (Å²) < 4.78 is 49.5. The third kappa shape index (κ3) is 7.83. The molecule has 2 aromatic carbocycles. The predicted molar refractivity (Wildman–Crippen MR) is 221 cm³/mol. The molecule has 2 N–H and O–H groups in total. The first-order chi connectivity index (χ1) is 27.1. The molecule has 3 fully saturated rings. The first-order valence-corrected chi connectivity index (χ1v) is 21.2. The number of hydrogen-bond donors (Lipinski definition) is 2. The summed E-state index contributed by atoms with van der Waals surface area (Å²) in [7, 11) is 1.50. The fourth-order valence-corrected chi connectivity index (χ4v) is 9.66. The molecule has 2 aliphatic heterocycles. The number of sulfonamides is 1. The van der Waals surface area contributed by atoms with Gasteiger partial charge in [-0.3, -0.25) is 28.8 Å². The molecule has 5 heterocycles. The Kier molecular flexibility index (Phi) is 11.0. The van der Waals surface area contributed by atoms with Crippen LogP contribution in [-0.2, 0) is 17.1 Å². The Labute approximate surface area is 334 Å². The van der Waals surface area contributed by atoms with Gasteiger partial charge in [0.15, 0.2) is 0 Å². The van der Waals surface area contributed by atoms with Crippen LogP contribution < -0.4 is 24.6 Å². The van der Waals surface area contributed by atoms with Gasteiger partial charge in [-0.15, -0.1) is 0 Å². The van der Waals surface area contributed by atoms with E-state index in [9.17, 15) is 12.8 Å². The number of fused-ring (bicyclic) bond motifs is 1. The molecule has 3 aromatic heterocycles. The summed E-state index contributed by atoms with van der Waals surface area (Å²) in [5.41, 5.74) is 5.61. The van der Waals surface area contributed by atoms with Crippen LogP contribution in [-0.4, -0.2) is 126 Å². The number of hydrogen-bond acceptors (Lipinski definition) is 13. The van der Waals surface area contributed by atoms with Crippen LogP contribution in [0, 0.1) is 0 Å². The number of piperazine rings is 1. The molecule has 1 saturated carbocycles. The zero-order valence-electron chi connectivity index (χ0n) is 31.7. The van der Waals surface area contributed by atoms with Crippen LogP contribution in [0.25, 0.3) is 22.2 Å². The van der Waals surface area contributed by atoms with E-state index in [1.165, 1.54) is 4.31 Å². The molecular formula is C38H46BrFN12O3S. The third-order valence-corrected chi connectivity index (χ3v) is 13.8. The number of nitrogens with zero attached hydrogens (tertiary/aromatic N) is 10. The number of halogens is 2. The molecule has 0 amide bonds. The van der Waals surface area contributed by atoms with Gasteiger partial charge in [0.1, 0.15) is 29.4 Å². The predicted octanol–water partition coefficient (Wildman–Crippen LogP) is 5.56. The highest BCUT2D eigenvalue weighted by Crippen LogP contribution is 2.43. The Balaban J connectivity index is 1.07. The minimum absolute atomic E-state index is 0.291. The number of ether oxygens (including phenoxy) is 1. The number of nitrogens with one attached hydrogen (secondary N) is 2. The number of alkyl halides is 1. The van der Waals surface area contributed by atoms with Crippen molar-refractivity contribution in [3.05, 3.63) is 59.7 Å². The quantitative estimate of drug-likeness (QED) is 0.152. The summed E-state index contributed by atoms with van der Waals surface area (Å²) in [5, 5.41) is 10.8. The normalized spacial score (nSPS) is 17.3. The van der Waals surface area contributed by atoms with Gasteiger partial charge >= 0.3 is 0 Å². The molecule has 15 nitrogen and oxygen atoms in total. The van der Waals surface area contributed by atoms with E-state index in [0.717, 1.165) is 68.9 Å². The van der Waals surface area contributed by atoms with Gasteiger partial charge in [0.05, 0.1) is 39.9 Å². The van der Waals surface area contributed by atoms with Gasteiger partial charge in [-0.2, -0.15) is 10.1 Å². The number of aromatic nitrogens is 6. The van der Waals surface area contributed by atoms with Crippen molar-refractivity contribution in [1.82, 2.24) is 39.5 Å². The first kappa shape index (κ1) is 38.2. The van der Waals surface area contributed by atoms with Gasteiger partial charge in [0, 0.05) is 114 Å². The highest BCUT2D eigenvalue weighted by Gasteiger charge is 2.40. The molecule has 2 saturated heterocycles. The van der Waals surface area contributed by atoms with E-state index in [4.69, 9.17) is 9.72 Å². The molecule has 3 aliphatic rings. The zero-order chi connectivity index (χ0) is 39.0. The zero-order valence-corrected chi connectivity index (χ0v) is 34.1. The van der Waals surface area contributed by atoms with Crippen LogP contribution in [0.5, 0.6) is 5.75 Å². The molecule has 296 valence electrons.